The van der Waals surface area contributed by atoms with Gasteiger partial charge in [-0.25, -0.2) is 13.8 Å². The van der Waals surface area contributed by atoms with E-state index in [1.54, 1.807) is 30.5 Å². The number of sulfonamides is 1. The molecule has 0 saturated carbocycles. The Bertz CT molecular complexity index is 962. The van der Waals surface area contributed by atoms with Gasteiger partial charge in [0.2, 0.25) is 10.0 Å². The van der Waals surface area contributed by atoms with Gasteiger partial charge < -0.3 is 0 Å². The quantitative estimate of drug-likeness (QED) is 0.577. The Morgan fingerprint density at radius 3 is 2.10 bits per heavy atom. The van der Waals surface area contributed by atoms with Crippen LogP contribution in [0.1, 0.15) is 16.7 Å². The number of carbonyl (C=O) groups excluding carboxylic acids is 1. The summed E-state index contributed by atoms with van der Waals surface area (Å²) >= 11 is 0. The van der Waals surface area contributed by atoms with Crippen LogP contribution in [0.15, 0.2) is 58.5 Å². The number of nitrogens with one attached hydrogen (secondary N) is 1. The normalized spacial score (nSPS) is 16.2. The second kappa shape index (κ2) is 9.30. The fourth-order valence-electron chi connectivity index (χ4n) is 3.06. The number of piperazine rings is 1. The molecule has 0 spiro atoms. The summed E-state index contributed by atoms with van der Waals surface area (Å²) in [6.07, 6.45) is 1.60. The summed E-state index contributed by atoms with van der Waals surface area (Å²) in [7, 11) is -3.50. The van der Waals surface area contributed by atoms with Crippen molar-refractivity contribution in [2.24, 2.45) is 5.10 Å². The van der Waals surface area contributed by atoms with Crippen molar-refractivity contribution in [3.63, 3.8) is 0 Å². The maximum atomic E-state index is 12.7. The van der Waals surface area contributed by atoms with Gasteiger partial charge in [-0.1, -0.05) is 47.5 Å². The Kier molecular flexibility index (Phi) is 6.79. The van der Waals surface area contributed by atoms with Crippen LogP contribution in [0.5, 0.6) is 0 Å². The van der Waals surface area contributed by atoms with Crippen LogP contribution in [0.25, 0.3) is 0 Å². The molecule has 1 amide bonds. The van der Waals surface area contributed by atoms with Crippen molar-refractivity contribution in [3.05, 3.63) is 65.2 Å². The Balaban J connectivity index is 1.47. The van der Waals surface area contributed by atoms with Crippen molar-refractivity contribution in [1.29, 1.82) is 0 Å². The average molecular weight is 415 g/mol. The number of aryl methyl sites for hydroxylation is 2. The third-order valence-electron chi connectivity index (χ3n) is 4.84. The predicted octanol–water partition coefficient (Wildman–Crippen LogP) is 1.76. The van der Waals surface area contributed by atoms with Gasteiger partial charge in [-0.3, -0.25) is 9.69 Å². The number of amides is 1. The van der Waals surface area contributed by atoms with Crippen LogP contribution in [0, 0.1) is 13.8 Å². The van der Waals surface area contributed by atoms with Crippen LogP contribution >= 0.6 is 0 Å². The zero-order chi connectivity index (χ0) is 20.9. The number of rotatable bonds is 6. The van der Waals surface area contributed by atoms with E-state index in [9.17, 15) is 13.2 Å². The smallest absolute Gasteiger partial charge is 0.254 e. The molecular weight excluding hydrogens is 388 g/mol. The van der Waals surface area contributed by atoms with Gasteiger partial charge in [-0.15, -0.1) is 0 Å². The number of nitrogens with zero attached hydrogens (tertiary/aromatic N) is 3. The zero-order valence-corrected chi connectivity index (χ0v) is 17.5. The third-order valence-corrected chi connectivity index (χ3v) is 6.75. The molecule has 0 bridgehead atoms. The van der Waals surface area contributed by atoms with Gasteiger partial charge >= 0.3 is 0 Å². The molecule has 2 aromatic carbocycles. The molecule has 1 aliphatic rings. The molecule has 1 fully saturated rings. The minimum Gasteiger partial charge on any atom is -0.292 e. The van der Waals surface area contributed by atoms with Crippen LogP contribution < -0.4 is 5.43 Å². The van der Waals surface area contributed by atoms with E-state index >= 15 is 0 Å². The molecule has 1 N–H and O–H groups in total. The molecular formula is C21H26N4O3S. The lowest BCUT2D eigenvalue weighted by molar-refractivity contribution is -0.122. The standard InChI is InChI=1S/C21H26N4O3S/c1-17-3-7-19(8-4-17)15-22-23-21(26)16-24-11-13-25(14-12-24)29(27,28)20-9-5-18(2)6-10-20/h3-10,15H,11-14,16H2,1-2H3,(H,23,26). The highest BCUT2D eigenvalue weighted by Gasteiger charge is 2.28. The highest BCUT2D eigenvalue weighted by atomic mass is 32.2. The van der Waals surface area contributed by atoms with E-state index in [1.807, 2.05) is 43.0 Å². The molecule has 0 radical (unpaired) electrons. The zero-order valence-electron chi connectivity index (χ0n) is 16.7. The van der Waals surface area contributed by atoms with Crippen LogP contribution in [0.3, 0.4) is 0 Å². The summed E-state index contributed by atoms with van der Waals surface area (Å²) in [6, 6.07) is 14.7. The maximum absolute atomic E-state index is 12.7. The molecule has 1 saturated heterocycles. The number of hydrazone groups is 1. The first kappa shape index (κ1) is 21.2. The number of hydrogen-bond acceptors (Lipinski definition) is 5. The molecule has 0 unspecified atom stereocenters. The summed E-state index contributed by atoms with van der Waals surface area (Å²) in [4.78, 5) is 14.3. The first-order valence-electron chi connectivity index (χ1n) is 9.52. The van der Waals surface area contributed by atoms with Crippen molar-refractivity contribution < 1.29 is 13.2 Å². The second-order valence-corrected chi connectivity index (χ2v) is 9.14. The van der Waals surface area contributed by atoms with Gasteiger partial charge in [0.05, 0.1) is 17.7 Å². The highest BCUT2D eigenvalue weighted by Crippen LogP contribution is 2.18. The SMILES string of the molecule is Cc1ccc(C=NNC(=O)CN2CCN(S(=O)(=O)c3ccc(C)cc3)CC2)cc1. The van der Waals surface area contributed by atoms with Gasteiger partial charge in [0.1, 0.15) is 0 Å². The minimum absolute atomic E-state index is 0.184. The lowest BCUT2D eigenvalue weighted by atomic mass is 10.2. The first-order valence-corrected chi connectivity index (χ1v) is 11.0. The van der Waals surface area contributed by atoms with Crippen molar-refractivity contribution in [1.82, 2.24) is 14.6 Å². The molecule has 1 aliphatic heterocycles. The molecule has 7 nitrogen and oxygen atoms in total. The average Bonchev–Trinajstić information content (AvgIpc) is 2.70. The van der Waals surface area contributed by atoms with E-state index in [0.717, 1.165) is 16.7 Å². The summed E-state index contributed by atoms with van der Waals surface area (Å²) in [5.74, 6) is -0.219. The van der Waals surface area contributed by atoms with E-state index < -0.39 is 10.0 Å². The summed E-state index contributed by atoms with van der Waals surface area (Å²) < 4.78 is 26.9. The number of benzene rings is 2. The van der Waals surface area contributed by atoms with E-state index in [0.29, 0.717) is 31.1 Å². The van der Waals surface area contributed by atoms with Crippen molar-refractivity contribution in [3.8, 4) is 0 Å². The van der Waals surface area contributed by atoms with Crippen molar-refractivity contribution in [2.75, 3.05) is 32.7 Å². The Morgan fingerprint density at radius 1 is 0.966 bits per heavy atom. The van der Waals surface area contributed by atoms with Gasteiger partial charge in [-0.2, -0.15) is 9.41 Å². The van der Waals surface area contributed by atoms with Crippen molar-refractivity contribution in [2.45, 2.75) is 18.7 Å². The third kappa shape index (κ3) is 5.72. The predicted molar refractivity (Wildman–Crippen MR) is 113 cm³/mol. The van der Waals surface area contributed by atoms with Gasteiger partial charge in [0.15, 0.2) is 0 Å². The second-order valence-electron chi connectivity index (χ2n) is 7.20. The van der Waals surface area contributed by atoms with Crippen molar-refractivity contribution >= 4 is 22.1 Å². The first-order chi connectivity index (χ1) is 13.8. The molecule has 29 heavy (non-hydrogen) atoms. The molecule has 2 aromatic rings. The topological polar surface area (TPSA) is 82.1 Å². The summed E-state index contributed by atoms with van der Waals surface area (Å²) in [5.41, 5.74) is 5.61. The van der Waals surface area contributed by atoms with E-state index in [4.69, 9.17) is 0 Å². The summed E-state index contributed by atoms with van der Waals surface area (Å²) in [5, 5.41) is 3.98. The molecule has 1 heterocycles. The van der Waals surface area contributed by atoms with Crippen LogP contribution in [0.2, 0.25) is 0 Å². The fourth-order valence-corrected chi connectivity index (χ4v) is 4.48. The molecule has 0 atom stereocenters. The Morgan fingerprint density at radius 2 is 1.52 bits per heavy atom. The monoisotopic (exact) mass is 414 g/mol. The highest BCUT2D eigenvalue weighted by molar-refractivity contribution is 7.89. The Hall–Kier alpha value is -2.55. The Labute approximate surface area is 172 Å². The molecule has 0 aromatic heterocycles. The molecule has 3 rings (SSSR count). The van der Waals surface area contributed by atoms with Crippen LogP contribution in [-0.2, 0) is 14.8 Å². The van der Waals surface area contributed by atoms with E-state index in [1.165, 1.54) is 4.31 Å². The number of carbonyl (C=O) groups is 1. The summed E-state index contributed by atoms with van der Waals surface area (Å²) in [6.45, 7) is 5.83. The maximum Gasteiger partial charge on any atom is 0.254 e. The minimum atomic E-state index is -3.50. The van der Waals surface area contributed by atoms with Gasteiger partial charge in [0.25, 0.3) is 5.91 Å². The lowest BCUT2D eigenvalue weighted by Crippen LogP contribution is -2.50. The molecule has 0 aliphatic carbocycles. The van der Waals surface area contributed by atoms with E-state index in [-0.39, 0.29) is 12.5 Å². The lowest BCUT2D eigenvalue weighted by Gasteiger charge is -2.33. The van der Waals surface area contributed by atoms with Crippen LogP contribution in [0.4, 0.5) is 0 Å². The number of hydrogen-bond donors (Lipinski definition) is 1. The van der Waals surface area contributed by atoms with E-state index in [2.05, 4.69) is 10.5 Å². The van der Waals surface area contributed by atoms with Gasteiger partial charge in [-0.05, 0) is 31.5 Å². The fraction of sp³-hybridized carbons (Fsp3) is 0.333. The van der Waals surface area contributed by atoms with Gasteiger partial charge in [0, 0.05) is 26.2 Å². The van der Waals surface area contributed by atoms with Crippen LogP contribution in [-0.4, -0.2) is 62.5 Å². The largest absolute Gasteiger partial charge is 0.292 e. The molecule has 8 heteroatoms. The molecule has 154 valence electrons.